The number of nitrogens with one attached hydrogen (secondary N) is 1. The number of amides is 1. The molecule has 1 N–H and O–H groups in total. The standard InChI is InChI=1S/C14H17F3N4OS/c1-20(2)11(10-4-6-23-9-10)7-18-13(22)8-21-5-3-12(19-21)14(15,16)17/h3-6,9,11H,7-8H2,1-2H3,(H,18,22). The average Bonchev–Trinajstić information content (AvgIpc) is 3.09. The first-order chi connectivity index (χ1) is 10.8. The molecular weight excluding hydrogens is 329 g/mol. The van der Waals surface area contributed by atoms with E-state index in [0.29, 0.717) is 6.54 Å². The molecule has 0 radical (unpaired) electrons. The van der Waals surface area contributed by atoms with Gasteiger partial charge in [0, 0.05) is 12.7 Å². The van der Waals surface area contributed by atoms with Crippen LogP contribution in [0.4, 0.5) is 13.2 Å². The van der Waals surface area contributed by atoms with Crippen molar-refractivity contribution >= 4 is 17.2 Å². The summed E-state index contributed by atoms with van der Waals surface area (Å²) in [6, 6.07) is 2.83. The number of nitrogens with zero attached hydrogens (tertiary/aromatic N) is 3. The molecule has 5 nitrogen and oxygen atoms in total. The first kappa shape index (κ1) is 17.5. The largest absolute Gasteiger partial charge is 0.435 e. The van der Waals surface area contributed by atoms with Crippen molar-refractivity contribution in [2.24, 2.45) is 0 Å². The Morgan fingerprint density at radius 3 is 2.70 bits per heavy atom. The first-order valence-corrected chi connectivity index (χ1v) is 7.77. The number of carbonyl (C=O) groups excluding carboxylic acids is 1. The number of hydrogen-bond acceptors (Lipinski definition) is 4. The SMILES string of the molecule is CN(C)C(CNC(=O)Cn1ccc(C(F)(F)F)n1)c1ccsc1. The van der Waals surface area contributed by atoms with Gasteiger partial charge in [-0.2, -0.15) is 29.6 Å². The van der Waals surface area contributed by atoms with E-state index in [-0.39, 0.29) is 18.5 Å². The molecule has 126 valence electrons. The van der Waals surface area contributed by atoms with Crippen LogP contribution in [0.25, 0.3) is 0 Å². The van der Waals surface area contributed by atoms with E-state index in [0.717, 1.165) is 22.5 Å². The fourth-order valence-electron chi connectivity index (χ4n) is 2.08. The molecular formula is C14H17F3N4OS. The Balaban J connectivity index is 1.90. The van der Waals surface area contributed by atoms with Crippen molar-refractivity contribution in [3.05, 3.63) is 40.3 Å². The lowest BCUT2D eigenvalue weighted by Crippen LogP contribution is -2.36. The highest BCUT2D eigenvalue weighted by molar-refractivity contribution is 7.07. The molecule has 0 spiro atoms. The molecule has 2 rings (SSSR count). The minimum absolute atomic E-state index is 0.00792. The number of carbonyl (C=O) groups is 1. The molecule has 2 heterocycles. The highest BCUT2D eigenvalue weighted by atomic mass is 32.1. The number of likely N-dealkylation sites (N-methyl/N-ethyl adjacent to an activating group) is 1. The summed E-state index contributed by atoms with van der Waals surface area (Å²) in [4.78, 5) is 13.9. The van der Waals surface area contributed by atoms with E-state index in [2.05, 4.69) is 10.4 Å². The molecule has 0 saturated carbocycles. The molecule has 0 saturated heterocycles. The van der Waals surface area contributed by atoms with Gasteiger partial charge in [0.15, 0.2) is 5.69 Å². The average molecular weight is 346 g/mol. The third kappa shape index (κ3) is 4.80. The predicted octanol–water partition coefficient (Wildman–Crippen LogP) is 2.38. The van der Waals surface area contributed by atoms with Crippen LogP contribution in [0.5, 0.6) is 0 Å². The van der Waals surface area contributed by atoms with Crippen LogP contribution in [0.1, 0.15) is 17.3 Å². The topological polar surface area (TPSA) is 50.2 Å². The summed E-state index contributed by atoms with van der Waals surface area (Å²) >= 11 is 1.57. The van der Waals surface area contributed by atoms with Crippen molar-refractivity contribution < 1.29 is 18.0 Å². The van der Waals surface area contributed by atoms with Crippen LogP contribution in [0.2, 0.25) is 0 Å². The van der Waals surface area contributed by atoms with E-state index in [1.165, 1.54) is 0 Å². The van der Waals surface area contributed by atoms with Crippen molar-refractivity contribution in [3.63, 3.8) is 0 Å². The van der Waals surface area contributed by atoms with Crippen LogP contribution in [0, 0.1) is 0 Å². The number of rotatable bonds is 6. The van der Waals surface area contributed by atoms with Crippen molar-refractivity contribution in [2.45, 2.75) is 18.8 Å². The van der Waals surface area contributed by atoms with Crippen LogP contribution >= 0.6 is 11.3 Å². The smallest absolute Gasteiger partial charge is 0.353 e. The third-order valence-electron chi connectivity index (χ3n) is 3.28. The molecule has 1 unspecified atom stereocenters. The second-order valence-electron chi connectivity index (χ2n) is 5.24. The van der Waals surface area contributed by atoms with E-state index in [1.807, 2.05) is 35.8 Å². The fourth-order valence-corrected chi connectivity index (χ4v) is 2.78. The van der Waals surface area contributed by atoms with E-state index in [4.69, 9.17) is 0 Å². The van der Waals surface area contributed by atoms with Gasteiger partial charge in [0.1, 0.15) is 6.54 Å². The molecule has 0 aromatic carbocycles. The highest BCUT2D eigenvalue weighted by Gasteiger charge is 2.33. The molecule has 2 aromatic heterocycles. The monoisotopic (exact) mass is 346 g/mol. The number of hydrogen-bond donors (Lipinski definition) is 1. The molecule has 23 heavy (non-hydrogen) atoms. The van der Waals surface area contributed by atoms with Crippen molar-refractivity contribution in [1.82, 2.24) is 20.0 Å². The molecule has 9 heteroatoms. The predicted molar refractivity (Wildman–Crippen MR) is 81.0 cm³/mol. The van der Waals surface area contributed by atoms with Gasteiger partial charge in [-0.1, -0.05) is 0 Å². The van der Waals surface area contributed by atoms with Crippen LogP contribution in [0.15, 0.2) is 29.1 Å². The molecule has 0 bridgehead atoms. The highest BCUT2D eigenvalue weighted by Crippen LogP contribution is 2.27. The number of thiophene rings is 1. The van der Waals surface area contributed by atoms with E-state index in [9.17, 15) is 18.0 Å². The molecule has 0 aliphatic rings. The summed E-state index contributed by atoms with van der Waals surface area (Å²) in [7, 11) is 3.80. The Hall–Kier alpha value is -1.87. The van der Waals surface area contributed by atoms with Crippen LogP contribution < -0.4 is 5.32 Å². The Bertz CT molecular complexity index is 637. The lowest BCUT2D eigenvalue weighted by molar-refractivity contribution is -0.141. The maximum atomic E-state index is 12.5. The lowest BCUT2D eigenvalue weighted by Gasteiger charge is -2.24. The normalized spacial score (nSPS) is 13.3. The second-order valence-corrected chi connectivity index (χ2v) is 6.02. The maximum absolute atomic E-state index is 12.5. The Labute approximate surface area is 135 Å². The zero-order valence-electron chi connectivity index (χ0n) is 12.7. The number of alkyl halides is 3. The van der Waals surface area contributed by atoms with Crippen LogP contribution in [-0.4, -0.2) is 41.2 Å². The summed E-state index contributed by atoms with van der Waals surface area (Å²) in [5.41, 5.74) is 0.0773. The molecule has 1 amide bonds. The van der Waals surface area contributed by atoms with E-state index in [1.54, 1.807) is 11.3 Å². The second kappa shape index (κ2) is 7.14. The Kier molecular flexibility index (Phi) is 5.42. The summed E-state index contributed by atoms with van der Waals surface area (Å²) in [6.45, 7) is 0.121. The fraction of sp³-hybridized carbons (Fsp3) is 0.429. The zero-order valence-corrected chi connectivity index (χ0v) is 13.5. The molecule has 2 aromatic rings. The van der Waals surface area contributed by atoms with Crippen LogP contribution in [-0.2, 0) is 17.5 Å². The first-order valence-electron chi connectivity index (χ1n) is 6.83. The van der Waals surface area contributed by atoms with Gasteiger partial charge in [0.2, 0.25) is 5.91 Å². The van der Waals surface area contributed by atoms with Gasteiger partial charge in [0.05, 0.1) is 6.04 Å². The van der Waals surface area contributed by atoms with Gasteiger partial charge in [-0.3, -0.25) is 9.48 Å². The molecule has 1 atom stereocenters. The molecule has 0 fully saturated rings. The van der Waals surface area contributed by atoms with Gasteiger partial charge in [-0.05, 0) is 42.6 Å². The maximum Gasteiger partial charge on any atom is 0.435 e. The van der Waals surface area contributed by atoms with Crippen molar-refractivity contribution in [3.8, 4) is 0 Å². The van der Waals surface area contributed by atoms with Gasteiger partial charge in [-0.15, -0.1) is 0 Å². The van der Waals surface area contributed by atoms with Gasteiger partial charge in [-0.25, -0.2) is 0 Å². The van der Waals surface area contributed by atoms with Crippen LogP contribution in [0.3, 0.4) is 0 Å². The molecule has 0 aliphatic carbocycles. The van der Waals surface area contributed by atoms with E-state index < -0.39 is 11.9 Å². The third-order valence-corrected chi connectivity index (χ3v) is 3.98. The summed E-state index contributed by atoms with van der Waals surface area (Å²) < 4.78 is 38.4. The van der Waals surface area contributed by atoms with Gasteiger partial charge >= 0.3 is 6.18 Å². The summed E-state index contributed by atoms with van der Waals surface area (Å²) in [5.74, 6) is -0.385. The Morgan fingerprint density at radius 1 is 1.43 bits per heavy atom. The zero-order chi connectivity index (χ0) is 17.0. The van der Waals surface area contributed by atoms with E-state index >= 15 is 0 Å². The number of aromatic nitrogens is 2. The minimum atomic E-state index is -4.50. The summed E-state index contributed by atoms with van der Waals surface area (Å²) in [5, 5.41) is 10.0. The van der Waals surface area contributed by atoms with Crippen molar-refractivity contribution in [2.75, 3.05) is 20.6 Å². The van der Waals surface area contributed by atoms with Gasteiger partial charge < -0.3 is 10.2 Å². The Morgan fingerprint density at radius 2 is 2.17 bits per heavy atom. The van der Waals surface area contributed by atoms with Gasteiger partial charge in [0.25, 0.3) is 0 Å². The minimum Gasteiger partial charge on any atom is -0.353 e. The van der Waals surface area contributed by atoms with Crippen molar-refractivity contribution in [1.29, 1.82) is 0 Å². The quantitative estimate of drug-likeness (QED) is 0.874. The summed E-state index contributed by atoms with van der Waals surface area (Å²) in [6.07, 6.45) is -3.36. The molecule has 0 aliphatic heterocycles. The number of halogens is 3. The lowest BCUT2D eigenvalue weighted by atomic mass is 10.1.